The van der Waals surface area contributed by atoms with Crippen LogP contribution in [0.1, 0.15) is 18.4 Å². The number of aromatic nitrogens is 2. The lowest BCUT2D eigenvalue weighted by Gasteiger charge is -2.35. The van der Waals surface area contributed by atoms with Crippen molar-refractivity contribution in [3.8, 4) is 28.8 Å². The number of rotatable bonds is 9. The van der Waals surface area contributed by atoms with Gasteiger partial charge in [-0.1, -0.05) is 0 Å². The van der Waals surface area contributed by atoms with Crippen molar-refractivity contribution in [2.24, 2.45) is 0 Å². The third kappa shape index (κ3) is 6.40. The van der Waals surface area contributed by atoms with E-state index in [1.807, 2.05) is 24.3 Å². The topological polar surface area (TPSA) is 116 Å². The SMILES string of the molecule is COc1c(-c2ccnc(Nc3ccc(N4CCN(CCO)CC4)cc3)n2)ccc(C#N)c1OC1CCOCC1. The molecule has 2 fully saturated rings. The summed E-state index contributed by atoms with van der Waals surface area (Å²) >= 11 is 0. The van der Waals surface area contributed by atoms with Crippen LogP contribution in [-0.2, 0) is 4.74 Å². The summed E-state index contributed by atoms with van der Waals surface area (Å²) < 4.78 is 17.5. The first-order chi connectivity index (χ1) is 19.2. The van der Waals surface area contributed by atoms with E-state index in [-0.39, 0.29) is 12.7 Å². The molecule has 0 amide bonds. The number of piperazine rings is 1. The molecule has 2 aliphatic heterocycles. The van der Waals surface area contributed by atoms with Crippen molar-refractivity contribution in [2.75, 3.05) is 69.9 Å². The summed E-state index contributed by atoms with van der Waals surface area (Å²) in [6, 6.07) is 15.8. The fourth-order valence-electron chi connectivity index (χ4n) is 4.96. The second kappa shape index (κ2) is 12.8. The van der Waals surface area contributed by atoms with E-state index in [1.54, 1.807) is 19.4 Å². The highest BCUT2D eigenvalue weighted by Gasteiger charge is 2.23. The zero-order valence-corrected chi connectivity index (χ0v) is 22.2. The van der Waals surface area contributed by atoms with Crippen molar-refractivity contribution in [3.63, 3.8) is 0 Å². The van der Waals surface area contributed by atoms with Crippen LogP contribution in [0.25, 0.3) is 11.3 Å². The largest absolute Gasteiger partial charge is 0.492 e. The maximum absolute atomic E-state index is 9.71. The summed E-state index contributed by atoms with van der Waals surface area (Å²) in [4.78, 5) is 13.8. The highest BCUT2D eigenvalue weighted by Crippen LogP contribution is 2.41. The maximum atomic E-state index is 9.71. The molecule has 2 N–H and O–H groups in total. The van der Waals surface area contributed by atoms with Crippen LogP contribution in [0.5, 0.6) is 11.5 Å². The van der Waals surface area contributed by atoms with Crippen LogP contribution < -0.4 is 19.7 Å². The Morgan fingerprint density at radius 2 is 1.82 bits per heavy atom. The van der Waals surface area contributed by atoms with Crippen molar-refractivity contribution in [1.29, 1.82) is 5.26 Å². The Kier molecular flexibility index (Phi) is 8.73. The first-order valence-electron chi connectivity index (χ1n) is 13.3. The summed E-state index contributed by atoms with van der Waals surface area (Å²) in [7, 11) is 1.57. The average Bonchev–Trinajstić information content (AvgIpc) is 2.98. The zero-order chi connectivity index (χ0) is 27.0. The number of nitrogens with one attached hydrogen (secondary N) is 1. The number of aliphatic hydroxyl groups is 1. The zero-order valence-electron chi connectivity index (χ0n) is 22.2. The molecule has 10 nitrogen and oxygen atoms in total. The minimum atomic E-state index is -0.0370. The van der Waals surface area contributed by atoms with Crippen LogP contribution in [0.4, 0.5) is 17.3 Å². The molecule has 3 heterocycles. The smallest absolute Gasteiger partial charge is 0.227 e. The van der Waals surface area contributed by atoms with E-state index in [4.69, 9.17) is 24.3 Å². The highest BCUT2D eigenvalue weighted by atomic mass is 16.5. The number of hydrogen-bond donors (Lipinski definition) is 2. The normalized spacial score (nSPS) is 16.5. The standard InChI is InChI=1S/C29H34N6O4/c1-37-28-25(7-2-21(20-30)27(28)39-24-9-18-38-19-10-24)26-8-11-31-29(33-26)32-22-3-5-23(6-4-22)35-14-12-34(13-15-35)16-17-36/h2-8,11,24,36H,9-10,12-19H2,1H3,(H,31,32,33). The minimum Gasteiger partial charge on any atom is -0.492 e. The van der Waals surface area contributed by atoms with Crippen LogP contribution in [-0.4, -0.2) is 85.7 Å². The maximum Gasteiger partial charge on any atom is 0.227 e. The predicted octanol–water partition coefficient (Wildman–Crippen LogP) is 3.44. The summed E-state index contributed by atoms with van der Waals surface area (Å²) in [5.41, 5.74) is 3.84. The molecule has 0 bridgehead atoms. The average molecular weight is 531 g/mol. The van der Waals surface area contributed by atoms with Crippen LogP contribution >= 0.6 is 0 Å². The lowest BCUT2D eigenvalue weighted by molar-refractivity contribution is 0.0244. The lowest BCUT2D eigenvalue weighted by Crippen LogP contribution is -2.47. The number of nitrogens with zero attached hydrogens (tertiary/aromatic N) is 5. The molecule has 0 aliphatic carbocycles. The molecule has 3 aromatic rings. The number of methoxy groups -OCH3 is 1. The summed E-state index contributed by atoms with van der Waals surface area (Å²) in [5.74, 6) is 1.37. The number of β-amino-alcohol motifs (C(OH)–C–C–N with tert-alkyl or cyclic N) is 1. The lowest BCUT2D eigenvalue weighted by atomic mass is 10.1. The van der Waals surface area contributed by atoms with Crippen LogP contribution in [0.2, 0.25) is 0 Å². The second-order valence-electron chi connectivity index (χ2n) is 9.55. The van der Waals surface area contributed by atoms with Gasteiger partial charge < -0.3 is 29.5 Å². The summed E-state index contributed by atoms with van der Waals surface area (Å²) in [6.45, 7) is 5.97. The summed E-state index contributed by atoms with van der Waals surface area (Å²) in [6.07, 6.45) is 3.18. The van der Waals surface area contributed by atoms with Gasteiger partial charge in [-0.3, -0.25) is 4.90 Å². The van der Waals surface area contributed by atoms with Crippen molar-refractivity contribution < 1.29 is 19.3 Å². The number of benzene rings is 2. The van der Waals surface area contributed by atoms with Crippen LogP contribution in [0.15, 0.2) is 48.7 Å². The number of hydrogen-bond acceptors (Lipinski definition) is 10. The predicted molar refractivity (Wildman–Crippen MR) is 149 cm³/mol. The van der Waals surface area contributed by atoms with Gasteiger partial charge in [-0.25, -0.2) is 9.97 Å². The third-order valence-electron chi connectivity index (χ3n) is 7.10. The first kappa shape index (κ1) is 26.7. The van der Waals surface area contributed by atoms with Crippen molar-refractivity contribution in [3.05, 3.63) is 54.2 Å². The molecule has 204 valence electrons. The third-order valence-corrected chi connectivity index (χ3v) is 7.10. The van der Waals surface area contributed by atoms with Gasteiger partial charge in [-0.2, -0.15) is 5.26 Å². The van der Waals surface area contributed by atoms with Gasteiger partial charge in [0.2, 0.25) is 5.95 Å². The fraction of sp³-hybridized carbons (Fsp3) is 0.414. The molecule has 10 heteroatoms. The highest BCUT2D eigenvalue weighted by molar-refractivity contribution is 5.75. The van der Waals surface area contributed by atoms with E-state index in [0.29, 0.717) is 41.9 Å². The number of aliphatic hydroxyl groups excluding tert-OH is 1. The van der Waals surface area contributed by atoms with Crippen molar-refractivity contribution >= 4 is 17.3 Å². The monoisotopic (exact) mass is 530 g/mol. The Bertz CT molecular complexity index is 1280. The van der Waals surface area contributed by atoms with E-state index in [2.05, 4.69) is 38.3 Å². The van der Waals surface area contributed by atoms with E-state index >= 15 is 0 Å². The van der Waals surface area contributed by atoms with Gasteiger partial charge in [0.15, 0.2) is 11.5 Å². The quantitative estimate of drug-likeness (QED) is 0.426. The van der Waals surface area contributed by atoms with Gasteiger partial charge in [-0.15, -0.1) is 0 Å². The molecule has 0 radical (unpaired) electrons. The Balaban J connectivity index is 1.32. The Morgan fingerprint density at radius 1 is 1.05 bits per heavy atom. The van der Waals surface area contributed by atoms with Gasteiger partial charge in [0.1, 0.15) is 12.2 Å². The molecule has 0 spiro atoms. The first-order valence-corrected chi connectivity index (χ1v) is 13.3. The summed E-state index contributed by atoms with van der Waals surface area (Å²) in [5, 5.41) is 22.2. The molecule has 0 saturated carbocycles. The Labute approximate surface area is 228 Å². The van der Waals surface area contributed by atoms with E-state index in [9.17, 15) is 5.26 Å². The molecule has 0 atom stereocenters. The van der Waals surface area contributed by atoms with Gasteiger partial charge in [0.05, 0.1) is 38.2 Å². The van der Waals surface area contributed by atoms with Crippen LogP contribution in [0, 0.1) is 11.3 Å². The molecular weight excluding hydrogens is 496 g/mol. The number of ether oxygens (including phenoxy) is 3. The molecule has 1 aromatic heterocycles. The molecule has 2 saturated heterocycles. The Morgan fingerprint density at radius 3 is 2.51 bits per heavy atom. The molecule has 2 aromatic carbocycles. The number of anilines is 3. The number of nitriles is 1. The van der Waals surface area contributed by atoms with Crippen molar-refractivity contribution in [2.45, 2.75) is 18.9 Å². The van der Waals surface area contributed by atoms with Gasteiger partial charge in [-0.05, 0) is 42.5 Å². The van der Waals surface area contributed by atoms with E-state index in [1.165, 1.54) is 5.69 Å². The fourth-order valence-corrected chi connectivity index (χ4v) is 4.96. The van der Waals surface area contributed by atoms with Gasteiger partial charge >= 0.3 is 0 Å². The molecule has 2 aliphatic rings. The molecule has 39 heavy (non-hydrogen) atoms. The van der Waals surface area contributed by atoms with E-state index in [0.717, 1.165) is 56.8 Å². The van der Waals surface area contributed by atoms with E-state index < -0.39 is 0 Å². The molecule has 0 unspecified atom stereocenters. The van der Waals surface area contributed by atoms with Crippen LogP contribution in [0.3, 0.4) is 0 Å². The second-order valence-corrected chi connectivity index (χ2v) is 9.55. The molecule has 5 rings (SSSR count). The molecular formula is C29H34N6O4. The van der Waals surface area contributed by atoms with Gasteiger partial charge in [0, 0.05) is 68.7 Å². The van der Waals surface area contributed by atoms with Crippen molar-refractivity contribution in [1.82, 2.24) is 14.9 Å². The minimum absolute atomic E-state index is 0.0370. The Hall–Kier alpha value is -3.91. The van der Waals surface area contributed by atoms with Gasteiger partial charge in [0.25, 0.3) is 0 Å².